The Balaban J connectivity index is 2.28. The van der Waals surface area contributed by atoms with Crippen LogP contribution in [0.25, 0.3) is 0 Å². The number of nitrogens with zero attached hydrogens (tertiary/aromatic N) is 1. The van der Waals surface area contributed by atoms with E-state index in [1.165, 1.54) is 6.42 Å². The van der Waals surface area contributed by atoms with Crippen LogP contribution in [0.1, 0.15) is 32.6 Å². The zero-order chi connectivity index (χ0) is 13.5. The van der Waals surface area contributed by atoms with Crippen LogP contribution in [0.5, 0.6) is 0 Å². The van der Waals surface area contributed by atoms with Gasteiger partial charge in [0.2, 0.25) is 5.91 Å². The van der Waals surface area contributed by atoms with E-state index >= 15 is 0 Å². The molecular weight excluding hydrogens is 236 g/mol. The lowest BCUT2D eigenvalue weighted by molar-refractivity contribution is -0.139. The molecule has 1 saturated heterocycles. The normalized spacial score (nSPS) is 19.3. The van der Waals surface area contributed by atoms with E-state index in [1.54, 1.807) is 6.92 Å². The van der Waals surface area contributed by atoms with E-state index < -0.39 is 12.1 Å². The van der Waals surface area contributed by atoms with Crippen LogP contribution >= 0.6 is 0 Å². The Morgan fingerprint density at radius 1 is 1.28 bits per heavy atom. The molecule has 1 rings (SSSR count). The second-order valence-corrected chi connectivity index (χ2v) is 4.77. The molecule has 0 aromatic rings. The molecule has 1 heterocycles. The number of carboxylic acid groups (broad SMARTS) is 1. The average Bonchev–Trinajstić information content (AvgIpc) is 2.35. The fourth-order valence-corrected chi connectivity index (χ4v) is 2.06. The van der Waals surface area contributed by atoms with Gasteiger partial charge in [-0.25, -0.2) is 0 Å². The van der Waals surface area contributed by atoms with Gasteiger partial charge < -0.3 is 20.4 Å². The Morgan fingerprint density at radius 3 is 2.44 bits per heavy atom. The summed E-state index contributed by atoms with van der Waals surface area (Å²) in [7, 11) is 0. The molecule has 18 heavy (non-hydrogen) atoms. The van der Waals surface area contributed by atoms with Crippen molar-refractivity contribution < 1.29 is 19.8 Å². The number of aliphatic hydroxyl groups is 1. The predicted molar refractivity (Wildman–Crippen MR) is 66.2 cm³/mol. The third-order valence-corrected chi connectivity index (χ3v) is 3.11. The Hall–Kier alpha value is -1.14. The molecule has 6 nitrogen and oxygen atoms in total. The molecule has 0 aliphatic carbocycles. The van der Waals surface area contributed by atoms with Crippen LogP contribution < -0.4 is 5.32 Å². The van der Waals surface area contributed by atoms with Crippen molar-refractivity contribution in [3.05, 3.63) is 0 Å². The van der Waals surface area contributed by atoms with Crippen molar-refractivity contribution in [3.8, 4) is 0 Å². The van der Waals surface area contributed by atoms with Gasteiger partial charge >= 0.3 is 5.97 Å². The third-order valence-electron chi connectivity index (χ3n) is 3.11. The number of amides is 1. The summed E-state index contributed by atoms with van der Waals surface area (Å²) < 4.78 is 0. The largest absolute Gasteiger partial charge is 0.481 e. The number of rotatable bonds is 6. The average molecular weight is 258 g/mol. The van der Waals surface area contributed by atoms with Gasteiger partial charge in [0.1, 0.15) is 0 Å². The summed E-state index contributed by atoms with van der Waals surface area (Å²) in [5.74, 6) is -1.02. The fourth-order valence-electron chi connectivity index (χ4n) is 2.06. The summed E-state index contributed by atoms with van der Waals surface area (Å²) in [6.45, 7) is 3.45. The van der Waals surface area contributed by atoms with Gasteiger partial charge in [-0.05, 0) is 26.2 Å². The van der Waals surface area contributed by atoms with Crippen LogP contribution in [0.4, 0.5) is 0 Å². The van der Waals surface area contributed by atoms with Crippen LogP contribution in [0.3, 0.4) is 0 Å². The number of carboxylic acids is 1. The smallest absolute Gasteiger partial charge is 0.306 e. The first-order valence-electron chi connectivity index (χ1n) is 6.42. The van der Waals surface area contributed by atoms with E-state index in [9.17, 15) is 14.7 Å². The van der Waals surface area contributed by atoms with E-state index in [0.29, 0.717) is 0 Å². The molecule has 1 aliphatic rings. The molecule has 1 aliphatic heterocycles. The summed E-state index contributed by atoms with van der Waals surface area (Å²) in [5.41, 5.74) is 0. The maximum Gasteiger partial charge on any atom is 0.306 e. The number of nitrogens with one attached hydrogen (secondary N) is 1. The Kier molecular flexibility index (Phi) is 6.07. The van der Waals surface area contributed by atoms with Crippen LogP contribution in [-0.4, -0.2) is 58.8 Å². The molecule has 0 aromatic carbocycles. The van der Waals surface area contributed by atoms with Gasteiger partial charge in [0.05, 0.1) is 18.6 Å². The van der Waals surface area contributed by atoms with E-state index in [0.717, 1.165) is 25.9 Å². The van der Waals surface area contributed by atoms with Crippen molar-refractivity contribution in [2.24, 2.45) is 0 Å². The van der Waals surface area contributed by atoms with E-state index in [2.05, 4.69) is 5.32 Å². The minimum Gasteiger partial charge on any atom is -0.481 e. The molecule has 0 radical (unpaired) electrons. The highest BCUT2D eigenvalue weighted by Gasteiger charge is 2.22. The number of piperidine rings is 1. The molecule has 6 heteroatoms. The fraction of sp³-hybridized carbons (Fsp3) is 0.833. The molecule has 0 aromatic heterocycles. The summed E-state index contributed by atoms with van der Waals surface area (Å²) in [5, 5.41) is 20.8. The summed E-state index contributed by atoms with van der Waals surface area (Å²) >= 11 is 0. The number of aliphatic hydroxyl groups excluding tert-OH is 1. The summed E-state index contributed by atoms with van der Waals surface area (Å²) in [6.07, 6.45) is 1.99. The Labute approximate surface area is 107 Å². The van der Waals surface area contributed by atoms with E-state index in [1.807, 2.05) is 4.90 Å². The number of hydrogen-bond acceptors (Lipinski definition) is 4. The zero-order valence-electron chi connectivity index (χ0n) is 10.8. The van der Waals surface area contributed by atoms with Crippen molar-refractivity contribution in [1.82, 2.24) is 10.2 Å². The lowest BCUT2D eigenvalue weighted by Gasteiger charge is -2.29. The molecule has 0 bridgehead atoms. The third kappa shape index (κ3) is 5.01. The molecule has 0 saturated carbocycles. The van der Waals surface area contributed by atoms with Crippen molar-refractivity contribution >= 4 is 11.9 Å². The first-order chi connectivity index (χ1) is 8.50. The first kappa shape index (κ1) is 14.9. The number of carbonyl (C=O) groups excluding carboxylic acids is 1. The van der Waals surface area contributed by atoms with Crippen LogP contribution in [-0.2, 0) is 9.59 Å². The van der Waals surface area contributed by atoms with Gasteiger partial charge in [-0.3, -0.25) is 9.59 Å². The van der Waals surface area contributed by atoms with Gasteiger partial charge in [0.15, 0.2) is 0 Å². The monoisotopic (exact) mass is 258 g/mol. The minimum absolute atomic E-state index is 0.0252. The second-order valence-electron chi connectivity index (χ2n) is 4.77. The molecule has 2 unspecified atom stereocenters. The number of aliphatic carboxylic acids is 1. The Morgan fingerprint density at radius 2 is 1.89 bits per heavy atom. The molecule has 0 spiro atoms. The molecular formula is C12H22N2O4. The maximum absolute atomic E-state index is 12.0. The van der Waals surface area contributed by atoms with E-state index in [-0.39, 0.29) is 24.9 Å². The van der Waals surface area contributed by atoms with Gasteiger partial charge in [0, 0.05) is 19.6 Å². The van der Waals surface area contributed by atoms with Crippen molar-refractivity contribution in [3.63, 3.8) is 0 Å². The topological polar surface area (TPSA) is 89.9 Å². The SMILES string of the molecule is CC(NCC(O)CC(=O)O)C(=O)N1CCCCC1. The van der Waals surface area contributed by atoms with Crippen LogP contribution in [0.2, 0.25) is 0 Å². The lowest BCUT2D eigenvalue weighted by Crippen LogP contribution is -2.48. The van der Waals surface area contributed by atoms with E-state index in [4.69, 9.17) is 5.11 Å². The molecule has 1 amide bonds. The standard InChI is InChI=1S/C12H22N2O4/c1-9(13-8-10(15)7-11(16)17)12(18)14-5-3-2-4-6-14/h9-10,13,15H,2-8H2,1H3,(H,16,17). The first-order valence-corrected chi connectivity index (χ1v) is 6.42. The van der Waals surface area contributed by atoms with Gasteiger partial charge in [-0.2, -0.15) is 0 Å². The van der Waals surface area contributed by atoms with Gasteiger partial charge in [0.25, 0.3) is 0 Å². The molecule has 3 N–H and O–H groups in total. The molecule has 2 atom stereocenters. The zero-order valence-corrected chi connectivity index (χ0v) is 10.8. The quantitative estimate of drug-likeness (QED) is 0.614. The summed E-state index contributed by atoms with van der Waals surface area (Å²) in [4.78, 5) is 24.2. The summed E-state index contributed by atoms with van der Waals surface area (Å²) in [6, 6.07) is -0.383. The maximum atomic E-state index is 12.0. The Bertz CT molecular complexity index is 290. The highest BCUT2D eigenvalue weighted by molar-refractivity contribution is 5.81. The predicted octanol–water partition coefficient (Wildman–Crippen LogP) is -0.187. The second kappa shape index (κ2) is 7.33. The number of carbonyl (C=O) groups is 2. The highest BCUT2D eigenvalue weighted by atomic mass is 16.4. The molecule has 104 valence electrons. The highest BCUT2D eigenvalue weighted by Crippen LogP contribution is 2.09. The van der Waals surface area contributed by atoms with Crippen molar-refractivity contribution in [2.45, 2.75) is 44.8 Å². The minimum atomic E-state index is -1.04. The lowest BCUT2D eigenvalue weighted by atomic mass is 10.1. The van der Waals surface area contributed by atoms with Crippen molar-refractivity contribution in [1.29, 1.82) is 0 Å². The number of likely N-dealkylation sites (tertiary alicyclic amines) is 1. The van der Waals surface area contributed by atoms with Crippen molar-refractivity contribution in [2.75, 3.05) is 19.6 Å². The van der Waals surface area contributed by atoms with Gasteiger partial charge in [-0.15, -0.1) is 0 Å². The number of hydrogen-bond donors (Lipinski definition) is 3. The molecule has 1 fully saturated rings. The van der Waals surface area contributed by atoms with Crippen LogP contribution in [0, 0.1) is 0 Å². The van der Waals surface area contributed by atoms with Gasteiger partial charge in [-0.1, -0.05) is 0 Å². The van der Waals surface area contributed by atoms with Crippen LogP contribution in [0.15, 0.2) is 0 Å².